The number of aliphatic hydroxyl groups is 1. The Hall–Kier alpha value is -1.50. The number of non-ortho nitro benzene ring substituents is 1. The van der Waals surface area contributed by atoms with Gasteiger partial charge in [0, 0.05) is 12.1 Å². The standard InChI is InChI=1S/C15H24N2O4/c1-15(2,3)21-10-13(16(4)5)14(18)11-6-8-12(9-7-11)17(19)20/h6-9,13-14,18H,10H2,1-5H3/t13-,14-/m1/s1. The Morgan fingerprint density at radius 1 is 1.29 bits per heavy atom. The molecule has 1 aromatic rings. The van der Waals surface area contributed by atoms with Gasteiger partial charge in [0.2, 0.25) is 0 Å². The quantitative estimate of drug-likeness (QED) is 0.644. The lowest BCUT2D eigenvalue weighted by molar-refractivity contribution is -0.384. The molecule has 0 unspecified atom stereocenters. The number of hydrogen-bond donors (Lipinski definition) is 1. The average molecular weight is 296 g/mol. The lowest BCUT2D eigenvalue weighted by Gasteiger charge is -2.32. The summed E-state index contributed by atoms with van der Waals surface area (Å²) in [5.74, 6) is 0. The Balaban J connectivity index is 2.85. The van der Waals surface area contributed by atoms with Crippen molar-refractivity contribution in [2.75, 3.05) is 20.7 Å². The van der Waals surface area contributed by atoms with E-state index in [0.717, 1.165) is 0 Å². The Morgan fingerprint density at radius 3 is 2.19 bits per heavy atom. The second-order valence-electron chi connectivity index (χ2n) is 6.25. The zero-order valence-electron chi connectivity index (χ0n) is 13.2. The van der Waals surface area contributed by atoms with E-state index in [9.17, 15) is 15.2 Å². The fourth-order valence-corrected chi connectivity index (χ4v) is 1.87. The van der Waals surface area contributed by atoms with Crippen molar-refractivity contribution in [2.45, 2.75) is 38.5 Å². The van der Waals surface area contributed by atoms with E-state index >= 15 is 0 Å². The highest BCUT2D eigenvalue weighted by molar-refractivity contribution is 5.34. The van der Waals surface area contributed by atoms with E-state index in [1.165, 1.54) is 12.1 Å². The normalized spacial score (nSPS) is 15.0. The van der Waals surface area contributed by atoms with E-state index in [4.69, 9.17) is 4.74 Å². The van der Waals surface area contributed by atoms with E-state index in [-0.39, 0.29) is 17.3 Å². The van der Waals surface area contributed by atoms with E-state index < -0.39 is 11.0 Å². The van der Waals surface area contributed by atoms with Crippen LogP contribution in [0, 0.1) is 10.1 Å². The van der Waals surface area contributed by atoms with Gasteiger partial charge in [-0.25, -0.2) is 0 Å². The summed E-state index contributed by atoms with van der Waals surface area (Å²) in [6.07, 6.45) is -0.775. The summed E-state index contributed by atoms with van der Waals surface area (Å²) in [5.41, 5.74) is 0.360. The monoisotopic (exact) mass is 296 g/mol. The summed E-state index contributed by atoms with van der Waals surface area (Å²) < 4.78 is 5.75. The smallest absolute Gasteiger partial charge is 0.269 e. The van der Waals surface area contributed by atoms with Crippen LogP contribution >= 0.6 is 0 Å². The minimum atomic E-state index is -0.775. The maximum Gasteiger partial charge on any atom is 0.269 e. The molecule has 0 amide bonds. The molecule has 0 heterocycles. The van der Waals surface area contributed by atoms with Crippen LogP contribution in [-0.2, 0) is 4.74 Å². The molecule has 0 bridgehead atoms. The van der Waals surface area contributed by atoms with Gasteiger partial charge >= 0.3 is 0 Å². The molecule has 0 fully saturated rings. The van der Waals surface area contributed by atoms with Crippen molar-refractivity contribution < 1.29 is 14.8 Å². The Labute approximate surface area is 125 Å². The van der Waals surface area contributed by atoms with E-state index in [1.807, 2.05) is 39.8 Å². The summed E-state index contributed by atoms with van der Waals surface area (Å²) in [5, 5.41) is 21.1. The molecule has 1 N–H and O–H groups in total. The maximum absolute atomic E-state index is 10.7. The second kappa shape index (κ2) is 6.98. The molecule has 0 radical (unpaired) electrons. The first-order valence-electron chi connectivity index (χ1n) is 6.84. The van der Waals surface area contributed by atoms with Crippen LogP contribution in [0.1, 0.15) is 32.4 Å². The van der Waals surface area contributed by atoms with Gasteiger partial charge in [0.1, 0.15) is 0 Å². The Kier molecular flexibility index (Phi) is 5.83. The molecular weight excluding hydrogens is 272 g/mol. The summed E-state index contributed by atoms with van der Waals surface area (Å²) >= 11 is 0. The van der Waals surface area contributed by atoms with Crippen LogP contribution in [0.4, 0.5) is 5.69 Å². The highest BCUT2D eigenvalue weighted by atomic mass is 16.6. The lowest BCUT2D eigenvalue weighted by atomic mass is 10.0. The highest BCUT2D eigenvalue weighted by Crippen LogP contribution is 2.23. The summed E-state index contributed by atoms with van der Waals surface area (Å²) in [6.45, 7) is 6.24. The minimum absolute atomic E-state index is 0.0123. The third-order valence-electron chi connectivity index (χ3n) is 3.16. The first-order chi connectivity index (χ1) is 9.61. The lowest BCUT2D eigenvalue weighted by Crippen LogP contribution is -2.40. The topological polar surface area (TPSA) is 75.8 Å². The SMILES string of the molecule is CN(C)[C@H](COC(C)(C)C)[C@H](O)c1ccc([N+](=O)[O-])cc1. The van der Waals surface area contributed by atoms with Gasteiger partial charge in [0.15, 0.2) is 0 Å². The molecule has 1 aromatic carbocycles. The molecule has 0 aliphatic carbocycles. The third-order valence-corrected chi connectivity index (χ3v) is 3.16. The molecule has 6 heteroatoms. The van der Waals surface area contributed by atoms with Crippen molar-refractivity contribution in [3.05, 3.63) is 39.9 Å². The molecule has 0 saturated heterocycles. The number of rotatable bonds is 6. The number of nitro groups is 1. The molecule has 0 aromatic heterocycles. The van der Waals surface area contributed by atoms with Crippen molar-refractivity contribution in [3.63, 3.8) is 0 Å². The van der Waals surface area contributed by atoms with Gasteiger partial charge in [-0.2, -0.15) is 0 Å². The molecule has 118 valence electrons. The van der Waals surface area contributed by atoms with E-state index in [2.05, 4.69) is 0 Å². The predicted molar refractivity (Wildman–Crippen MR) is 81.2 cm³/mol. The van der Waals surface area contributed by atoms with Crippen molar-refractivity contribution in [3.8, 4) is 0 Å². The summed E-state index contributed by atoms with van der Waals surface area (Å²) in [7, 11) is 3.73. The molecular formula is C15H24N2O4. The largest absolute Gasteiger partial charge is 0.387 e. The number of nitrogens with zero attached hydrogens (tertiary/aromatic N) is 2. The molecule has 1 rings (SSSR count). The number of ether oxygens (including phenoxy) is 1. The summed E-state index contributed by atoms with van der Waals surface area (Å²) in [6, 6.07) is 5.73. The van der Waals surface area contributed by atoms with Crippen molar-refractivity contribution in [1.82, 2.24) is 4.90 Å². The second-order valence-corrected chi connectivity index (χ2v) is 6.25. The number of nitro benzene ring substituents is 1. The van der Waals surface area contributed by atoms with Crippen molar-refractivity contribution >= 4 is 5.69 Å². The first-order valence-corrected chi connectivity index (χ1v) is 6.84. The zero-order chi connectivity index (χ0) is 16.2. The van der Waals surface area contributed by atoms with Crippen LogP contribution in [0.5, 0.6) is 0 Å². The van der Waals surface area contributed by atoms with Gasteiger partial charge in [-0.15, -0.1) is 0 Å². The van der Waals surface area contributed by atoms with Crippen LogP contribution < -0.4 is 0 Å². The number of likely N-dealkylation sites (N-methyl/N-ethyl adjacent to an activating group) is 1. The van der Waals surface area contributed by atoms with Gasteiger partial charge in [-0.1, -0.05) is 0 Å². The van der Waals surface area contributed by atoms with Crippen LogP contribution in [-0.4, -0.2) is 47.3 Å². The fourth-order valence-electron chi connectivity index (χ4n) is 1.87. The van der Waals surface area contributed by atoms with Crippen molar-refractivity contribution in [1.29, 1.82) is 0 Å². The third kappa shape index (κ3) is 5.41. The summed E-state index contributed by atoms with van der Waals surface area (Å²) in [4.78, 5) is 12.1. The molecule has 0 spiro atoms. The molecule has 0 saturated carbocycles. The van der Waals surface area contributed by atoms with Gasteiger partial charge in [-0.05, 0) is 52.6 Å². The van der Waals surface area contributed by atoms with E-state index in [0.29, 0.717) is 12.2 Å². The predicted octanol–water partition coefficient (Wildman–Crippen LogP) is 2.37. The molecule has 6 nitrogen and oxygen atoms in total. The van der Waals surface area contributed by atoms with Gasteiger partial charge < -0.3 is 14.7 Å². The minimum Gasteiger partial charge on any atom is -0.387 e. The maximum atomic E-state index is 10.7. The number of aliphatic hydroxyl groups excluding tert-OH is 1. The first kappa shape index (κ1) is 17.6. The fraction of sp³-hybridized carbons (Fsp3) is 0.600. The van der Waals surface area contributed by atoms with Crippen LogP contribution in [0.2, 0.25) is 0 Å². The number of hydrogen-bond acceptors (Lipinski definition) is 5. The van der Waals surface area contributed by atoms with E-state index in [1.54, 1.807) is 12.1 Å². The van der Waals surface area contributed by atoms with Crippen LogP contribution in [0.25, 0.3) is 0 Å². The molecule has 21 heavy (non-hydrogen) atoms. The van der Waals surface area contributed by atoms with Crippen LogP contribution in [0.15, 0.2) is 24.3 Å². The Bertz CT molecular complexity index is 466. The molecule has 0 aliphatic rings. The average Bonchev–Trinajstić information content (AvgIpc) is 2.37. The Morgan fingerprint density at radius 2 is 1.81 bits per heavy atom. The van der Waals surface area contributed by atoms with Gasteiger partial charge in [0.25, 0.3) is 5.69 Å². The van der Waals surface area contributed by atoms with Crippen molar-refractivity contribution in [2.24, 2.45) is 0 Å². The van der Waals surface area contributed by atoms with Gasteiger partial charge in [-0.3, -0.25) is 10.1 Å². The molecule has 2 atom stereocenters. The zero-order valence-corrected chi connectivity index (χ0v) is 13.2. The highest BCUT2D eigenvalue weighted by Gasteiger charge is 2.25. The molecule has 0 aliphatic heterocycles. The van der Waals surface area contributed by atoms with Gasteiger partial charge in [0.05, 0.1) is 29.3 Å². The van der Waals surface area contributed by atoms with Crippen LogP contribution in [0.3, 0.4) is 0 Å². The number of benzene rings is 1.